The molecule has 0 aliphatic heterocycles. The average molecular weight is 385 g/mol. The second-order valence-electron chi connectivity index (χ2n) is 6.33. The van der Waals surface area contributed by atoms with Crippen molar-refractivity contribution in [2.24, 2.45) is 0 Å². The Balaban J connectivity index is 1.94. The number of aromatic nitrogens is 2. The van der Waals surface area contributed by atoms with E-state index in [2.05, 4.69) is 34.4 Å². The number of nitro groups is 1. The lowest BCUT2D eigenvalue weighted by Crippen LogP contribution is -2.06. The van der Waals surface area contributed by atoms with E-state index in [0.29, 0.717) is 17.7 Å². The van der Waals surface area contributed by atoms with Crippen LogP contribution in [0.25, 0.3) is 0 Å². The van der Waals surface area contributed by atoms with Gasteiger partial charge in [0, 0.05) is 11.8 Å². The molecular formula is C19H17F2N5O2. The molecule has 0 fully saturated rings. The standard InChI is InChI=1S/C19H17F2N5O2/c1-11(2)12-3-6-14(7-4-12)24-18-17(26(27)28)19(23-10-22-18)25-16-8-5-13(20)9-15(16)21/h3-11H,1-2H3,(H2,22,23,24,25). The van der Waals surface area contributed by atoms with Crippen molar-refractivity contribution in [3.8, 4) is 0 Å². The van der Waals surface area contributed by atoms with Crippen LogP contribution in [0.15, 0.2) is 48.8 Å². The third-order valence-corrected chi connectivity index (χ3v) is 4.03. The molecular weight excluding hydrogens is 368 g/mol. The highest BCUT2D eigenvalue weighted by Crippen LogP contribution is 2.33. The first-order valence-electron chi connectivity index (χ1n) is 8.43. The molecule has 28 heavy (non-hydrogen) atoms. The van der Waals surface area contributed by atoms with Gasteiger partial charge in [-0.3, -0.25) is 10.1 Å². The Morgan fingerprint density at radius 3 is 2.21 bits per heavy atom. The van der Waals surface area contributed by atoms with E-state index in [1.54, 1.807) is 12.1 Å². The third-order valence-electron chi connectivity index (χ3n) is 4.03. The minimum atomic E-state index is -0.897. The lowest BCUT2D eigenvalue weighted by molar-refractivity contribution is -0.383. The van der Waals surface area contributed by atoms with Crippen LogP contribution < -0.4 is 10.6 Å². The van der Waals surface area contributed by atoms with Gasteiger partial charge in [0.05, 0.1) is 10.6 Å². The van der Waals surface area contributed by atoms with Crippen LogP contribution in [0, 0.1) is 21.7 Å². The molecule has 0 saturated heterocycles. The van der Waals surface area contributed by atoms with Gasteiger partial charge in [0.1, 0.15) is 18.0 Å². The minimum absolute atomic E-state index is 0.0534. The molecule has 0 amide bonds. The van der Waals surface area contributed by atoms with E-state index in [9.17, 15) is 18.9 Å². The van der Waals surface area contributed by atoms with E-state index in [-0.39, 0.29) is 17.3 Å². The predicted octanol–water partition coefficient (Wildman–Crippen LogP) is 5.27. The highest BCUT2D eigenvalue weighted by molar-refractivity contribution is 5.76. The van der Waals surface area contributed by atoms with Gasteiger partial charge >= 0.3 is 5.69 Å². The van der Waals surface area contributed by atoms with Gasteiger partial charge in [-0.25, -0.2) is 18.7 Å². The number of anilines is 4. The molecule has 144 valence electrons. The monoisotopic (exact) mass is 385 g/mol. The molecule has 0 aliphatic carbocycles. The van der Waals surface area contributed by atoms with Crippen molar-refractivity contribution in [1.29, 1.82) is 0 Å². The van der Waals surface area contributed by atoms with Crippen molar-refractivity contribution in [2.75, 3.05) is 10.6 Å². The Hall–Kier alpha value is -3.62. The number of hydrogen-bond acceptors (Lipinski definition) is 6. The van der Waals surface area contributed by atoms with Gasteiger partial charge in [-0.1, -0.05) is 26.0 Å². The van der Waals surface area contributed by atoms with Crippen LogP contribution in [0.3, 0.4) is 0 Å². The van der Waals surface area contributed by atoms with E-state index >= 15 is 0 Å². The fraction of sp³-hybridized carbons (Fsp3) is 0.158. The SMILES string of the molecule is CC(C)c1ccc(Nc2ncnc(Nc3ccc(F)cc3F)c2[N+](=O)[O-])cc1. The predicted molar refractivity (Wildman–Crippen MR) is 102 cm³/mol. The van der Waals surface area contributed by atoms with Crippen LogP contribution in [-0.4, -0.2) is 14.9 Å². The molecule has 7 nitrogen and oxygen atoms in total. The molecule has 1 heterocycles. The van der Waals surface area contributed by atoms with Crippen molar-refractivity contribution < 1.29 is 13.7 Å². The summed E-state index contributed by atoms with van der Waals surface area (Å²) < 4.78 is 27.0. The van der Waals surface area contributed by atoms with Gasteiger partial charge < -0.3 is 10.6 Å². The highest BCUT2D eigenvalue weighted by Gasteiger charge is 2.24. The maximum atomic E-state index is 13.9. The second-order valence-corrected chi connectivity index (χ2v) is 6.33. The molecule has 3 aromatic rings. The van der Waals surface area contributed by atoms with Crippen LogP contribution >= 0.6 is 0 Å². The first kappa shape index (κ1) is 19.2. The van der Waals surface area contributed by atoms with Gasteiger partial charge in [-0.15, -0.1) is 0 Å². The highest BCUT2D eigenvalue weighted by atomic mass is 19.1. The Morgan fingerprint density at radius 2 is 1.64 bits per heavy atom. The topological polar surface area (TPSA) is 93.0 Å². The molecule has 0 unspecified atom stereocenters. The largest absolute Gasteiger partial charge is 0.353 e. The fourth-order valence-electron chi connectivity index (χ4n) is 2.54. The van der Waals surface area contributed by atoms with E-state index in [1.165, 1.54) is 0 Å². The van der Waals surface area contributed by atoms with Crippen molar-refractivity contribution >= 4 is 28.7 Å². The second kappa shape index (κ2) is 7.95. The normalized spacial score (nSPS) is 10.8. The van der Waals surface area contributed by atoms with Crippen LogP contribution in [0.1, 0.15) is 25.3 Å². The van der Waals surface area contributed by atoms with Crippen molar-refractivity contribution in [3.05, 3.63) is 76.1 Å². The summed E-state index contributed by atoms with van der Waals surface area (Å²) in [6, 6.07) is 10.2. The van der Waals surface area contributed by atoms with Gasteiger partial charge in [0.25, 0.3) is 0 Å². The Labute approximate surface area is 159 Å². The molecule has 0 saturated carbocycles. The Kier molecular flexibility index (Phi) is 5.44. The molecule has 0 spiro atoms. The van der Waals surface area contributed by atoms with E-state index in [0.717, 1.165) is 24.0 Å². The zero-order valence-electron chi connectivity index (χ0n) is 15.1. The summed E-state index contributed by atoms with van der Waals surface area (Å²) in [5.41, 5.74) is 1.12. The zero-order valence-corrected chi connectivity index (χ0v) is 15.1. The summed E-state index contributed by atoms with van der Waals surface area (Å²) in [7, 11) is 0. The average Bonchev–Trinajstić information content (AvgIpc) is 2.64. The van der Waals surface area contributed by atoms with Crippen molar-refractivity contribution in [2.45, 2.75) is 19.8 Å². The number of hydrogen-bond donors (Lipinski definition) is 2. The molecule has 0 radical (unpaired) electrons. The summed E-state index contributed by atoms with van der Waals surface area (Å²) in [6.45, 7) is 4.12. The summed E-state index contributed by atoms with van der Waals surface area (Å²) in [4.78, 5) is 18.7. The maximum Gasteiger partial charge on any atom is 0.353 e. The van der Waals surface area contributed by atoms with Crippen LogP contribution in [0.2, 0.25) is 0 Å². The lowest BCUT2D eigenvalue weighted by atomic mass is 10.0. The van der Waals surface area contributed by atoms with Crippen LogP contribution in [0.5, 0.6) is 0 Å². The van der Waals surface area contributed by atoms with E-state index < -0.39 is 22.2 Å². The van der Waals surface area contributed by atoms with Crippen LogP contribution in [0.4, 0.5) is 37.5 Å². The minimum Gasteiger partial charge on any atom is -0.334 e. The summed E-state index contributed by atoms with van der Waals surface area (Å²) in [5, 5.41) is 17.0. The summed E-state index contributed by atoms with van der Waals surface area (Å²) in [6.07, 6.45) is 1.11. The summed E-state index contributed by atoms with van der Waals surface area (Å²) in [5.74, 6) is -1.57. The van der Waals surface area contributed by atoms with Gasteiger partial charge in [-0.05, 0) is 35.7 Å². The third kappa shape index (κ3) is 4.20. The summed E-state index contributed by atoms with van der Waals surface area (Å²) >= 11 is 0. The zero-order chi connectivity index (χ0) is 20.3. The molecule has 1 aromatic heterocycles. The maximum absolute atomic E-state index is 13.9. The van der Waals surface area contributed by atoms with Crippen LogP contribution in [-0.2, 0) is 0 Å². The van der Waals surface area contributed by atoms with Crippen molar-refractivity contribution in [1.82, 2.24) is 9.97 Å². The molecule has 0 aliphatic rings. The molecule has 0 bridgehead atoms. The molecule has 2 N–H and O–H groups in total. The van der Waals surface area contributed by atoms with E-state index in [1.807, 2.05) is 12.1 Å². The van der Waals surface area contributed by atoms with Gasteiger partial charge in [0.15, 0.2) is 0 Å². The smallest absolute Gasteiger partial charge is 0.334 e. The number of halogens is 2. The van der Waals surface area contributed by atoms with E-state index in [4.69, 9.17) is 0 Å². The Morgan fingerprint density at radius 1 is 1.00 bits per heavy atom. The van der Waals surface area contributed by atoms with Gasteiger partial charge in [0.2, 0.25) is 11.6 Å². The molecule has 0 atom stereocenters. The number of benzene rings is 2. The molecule has 2 aromatic carbocycles. The molecule has 9 heteroatoms. The van der Waals surface area contributed by atoms with Gasteiger partial charge in [-0.2, -0.15) is 0 Å². The molecule has 3 rings (SSSR count). The number of rotatable bonds is 6. The fourth-order valence-corrected chi connectivity index (χ4v) is 2.54. The Bertz CT molecular complexity index is 1010. The quantitative estimate of drug-likeness (QED) is 0.443. The first-order chi connectivity index (χ1) is 13.3. The lowest BCUT2D eigenvalue weighted by Gasteiger charge is -2.11. The first-order valence-corrected chi connectivity index (χ1v) is 8.43. The number of nitrogens with one attached hydrogen (secondary N) is 2. The number of nitrogens with zero attached hydrogens (tertiary/aromatic N) is 3. The van der Waals surface area contributed by atoms with Crippen molar-refractivity contribution in [3.63, 3.8) is 0 Å².